The summed E-state index contributed by atoms with van der Waals surface area (Å²) in [6, 6.07) is 8.17. The zero-order chi connectivity index (χ0) is 14.8. The smallest absolute Gasteiger partial charge is 0.226 e. The third-order valence-corrected chi connectivity index (χ3v) is 3.18. The number of amides is 1. The maximum atomic E-state index is 12.1. The largest absolute Gasteiger partial charge is 0.347 e. The molecule has 0 atom stereocenters. The summed E-state index contributed by atoms with van der Waals surface area (Å²) in [5, 5.41) is 3.11. The second-order valence-electron chi connectivity index (χ2n) is 6.69. The number of allylic oxidation sites excluding steroid dienone is 1. The van der Waals surface area contributed by atoms with E-state index in [1.807, 2.05) is 59.7 Å². The summed E-state index contributed by atoms with van der Waals surface area (Å²) >= 11 is 0. The summed E-state index contributed by atoms with van der Waals surface area (Å²) in [6.45, 7) is 15.7. The summed E-state index contributed by atoms with van der Waals surface area (Å²) in [6.07, 6.45) is 0. The third kappa shape index (κ3) is 3.95. The fourth-order valence-electron chi connectivity index (χ4n) is 1.72. The van der Waals surface area contributed by atoms with Crippen molar-refractivity contribution in [3.63, 3.8) is 0 Å². The number of rotatable bonds is 3. The molecule has 1 rings (SSSR count). The molecule has 2 nitrogen and oxygen atoms in total. The van der Waals surface area contributed by atoms with Crippen LogP contribution in [-0.2, 0) is 10.3 Å². The van der Waals surface area contributed by atoms with E-state index >= 15 is 0 Å². The zero-order valence-electron chi connectivity index (χ0n) is 12.9. The Morgan fingerprint density at radius 3 is 2.21 bits per heavy atom. The summed E-state index contributed by atoms with van der Waals surface area (Å²) in [4.78, 5) is 12.1. The van der Waals surface area contributed by atoms with Gasteiger partial charge in [-0.25, -0.2) is 0 Å². The van der Waals surface area contributed by atoms with E-state index in [1.54, 1.807) is 0 Å². The molecular weight excluding hydrogens is 234 g/mol. The fraction of sp³-hybridized carbons (Fsp3) is 0.471. The second-order valence-corrected chi connectivity index (χ2v) is 6.69. The molecular formula is C17H25NO. The molecule has 0 saturated carbocycles. The van der Waals surface area contributed by atoms with Gasteiger partial charge < -0.3 is 5.32 Å². The minimum absolute atomic E-state index is 0.0539. The second kappa shape index (κ2) is 5.20. The number of hydrogen-bond acceptors (Lipinski definition) is 1. The van der Waals surface area contributed by atoms with Gasteiger partial charge in [0.1, 0.15) is 0 Å². The molecule has 0 aromatic heterocycles. The van der Waals surface area contributed by atoms with Crippen LogP contribution in [0.1, 0.15) is 52.7 Å². The maximum Gasteiger partial charge on any atom is 0.226 e. The van der Waals surface area contributed by atoms with Gasteiger partial charge in [0, 0.05) is 5.41 Å². The van der Waals surface area contributed by atoms with Crippen LogP contribution in [0.25, 0.3) is 5.57 Å². The van der Waals surface area contributed by atoms with Crippen LogP contribution in [0.5, 0.6) is 0 Å². The van der Waals surface area contributed by atoms with E-state index in [4.69, 9.17) is 0 Å². The van der Waals surface area contributed by atoms with Crippen molar-refractivity contribution < 1.29 is 4.79 Å². The molecule has 0 aliphatic carbocycles. The van der Waals surface area contributed by atoms with E-state index in [0.717, 1.165) is 16.7 Å². The lowest BCUT2D eigenvalue weighted by Gasteiger charge is -2.31. The molecule has 1 aromatic rings. The molecule has 1 N–H and O–H groups in total. The van der Waals surface area contributed by atoms with Gasteiger partial charge in [-0.05, 0) is 38.0 Å². The van der Waals surface area contributed by atoms with Crippen LogP contribution in [0, 0.1) is 5.41 Å². The average molecular weight is 259 g/mol. The average Bonchev–Trinajstić information content (AvgIpc) is 2.27. The van der Waals surface area contributed by atoms with Crippen LogP contribution in [0.15, 0.2) is 30.8 Å². The summed E-state index contributed by atoms with van der Waals surface area (Å²) in [5.41, 5.74) is 2.44. The summed E-state index contributed by atoms with van der Waals surface area (Å²) in [7, 11) is 0. The van der Waals surface area contributed by atoms with Crippen LogP contribution in [0.3, 0.4) is 0 Å². The van der Waals surface area contributed by atoms with Crippen LogP contribution in [0.2, 0.25) is 0 Å². The highest BCUT2D eigenvalue weighted by Gasteiger charge is 2.29. The number of carbonyl (C=O) groups is 1. The van der Waals surface area contributed by atoms with Crippen LogP contribution in [-0.4, -0.2) is 5.91 Å². The van der Waals surface area contributed by atoms with Gasteiger partial charge in [-0.1, -0.05) is 51.1 Å². The summed E-state index contributed by atoms with van der Waals surface area (Å²) in [5.74, 6) is 0.0539. The lowest BCUT2D eigenvalue weighted by molar-refractivity contribution is -0.130. The number of benzene rings is 1. The van der Waals surface area contributed by atoms with E-state index in [9.17, 15) is 4.79 Å². The van der Waals surface area contributed by atoms with Gasteiger partial charge in [-0.2, -0.15) is 0 Å². The first kappa shape index (κ1) is 15.5. The molecule has 0 unspecified atom stereocenters. The SMILES string of the molecule is C=C(C)c1cccc(C(C)(C)NC(=O)C(C)(C)C)c1. The van der Waals surface area contributed by atoms with E-state index in [-0.39, 0.29) is 11.3 Å². The molecule has 1 amide bonds. The molecule has 0 bridgehead atoms. The highest BCUT2D eigenvalue weighted by molar-refractivity contribution is 5.82. The Morgan fingerprint density at radius 2 is 1.74 bits per heavy atom. The Hall–Kier alpha value is -1.57. The van der Waals surface area contributed by atoms with Gasteiger partial charge in [0.2, 0.25) is 5.91 Å². The molecule has 2 heteroatoms. The highest BCUT2D eigenvalue weighted by atomic mass is 16.2. The molecule has 0 fully saturated rings. The molecule has 19 heavy (non-hydrogen) atoms. The predicted octanol–water partition coefficient (Wildman–Crippen LogP) is 4.12. The number of nitrogens with one attached hydrogen (secondary N) is 1. The Labute approximate surface area is 116 Å². The van der Waals surface area contributed by atoms with Crippen molar-refractivity contribution in [1.82, 2.24) is 5.32 Å². The van der Waals surface area contributed by atoms with Crippen molar-refractivity contribution in [3.8, 4) is 0 Å². The normalized spacial score (nSPS) is 12.1. The first-order valence-corrected chi connectivity index (χ1v) is 6.63. The Morgan fingerprint density at radius 1 is 1.16 bits per heavy atom. The van der Waals surface area contributed by atoms with Crippen LogP contribution >= 0.6 is 0 Å². The van der Waals surface area contributed by atoms with Gasteiger partial charge in [0.25, 0.3) is 0 Å². The predicted molar refractivity (Wildman–Crippen MR) is 81.8 cm³/mol. The van der Waals surface area contributed by atoms with E-state index in [2.05, 4.69) is 18.0 Å². The van der Waals surface area contributed by atoms with E-state index < -0.39 is 5.54 Å². The lowest BCUT2D eigenvalue weighted by Crippen LogP contribution is -2.46. The van der Waals surface area contributed by atoms with Gasteiger partial charge in [-0.15, -0.1) is 0 Å². The molecule has 1 aromatic carbocycles. The highest BCUT2D eigenvalue weighted by Crippen LogP contribution is 2.25. The molecule has 0 saturated heterocycles. The van der Waals surface area contributed by atoms with Crippen molar-refractivity contribution >= 4 is 11.5 Å². The Bertz CT molecular complexity index is 492. The minimum Gasteiger partial charge on any atom is -0.347 e. The molecule has 0 heterocycles. The molecule has 0 aliphatic heterocycles. The quantitative estimate of drug-likeness (QED) is 0.869. The monoisotopic (exact) mass is 259 g/mol. The number of hydrogen-bond donors (Lipinski definition) is 1. The van der Waals surface area contributed by atoms with Crippen molar-refractivity contribution in [2.45, 2.75) is 47.1 Å². The third-order valence-electron chi connectivity index (χ3n) is 3.18. The topological polar surface area (TPSA) is 29.1 Å². The van der Waals surface area contributed by atoms with Gasteiger partial charge >= 0.3 is 0 Å². The maximum absolute atomic E-state index is 12.1. The van der Waals surface area contributed by atoms with E-state index in [1.165, 1.54) is 0 Å². The molecule has 0 spiro atoms. The fourth-order valence-corrected chi connectivity index (χ4v) is 1.72. The van der Waals surface area contributed by atoms with Gasteiger partial charge in [0.05, 0.1) is 5.54 Å². The van der Waals surface area contributed by atoms with Crippen LogP contribution < -0.4 is 5.32 Å². The Balaban J connectivity index is 3.03. The van der Waals surface area contributed by atoms with Crippen molar-refractivity contribution in [2.75, 3.05) is 0 Å². The van der Waals surface area contributed by atoms with Crippen molar-refractivity contribution in [1.29, 1.82) is 0 Å². The van der Waals surface area contributed by atoms with Gasteiger partial charge in [-0.3, -0.25) is 4.79 Å². The number of carbonyl (C=O) groups excluding carboxylic acids is 1. The standard InChI is InChI=1S/C17H25NO/c1-12(2)13-9-8-10-14(11-13)17(6,7)18-15(19)16(3,4)5/h8-11H,1H2,2-7H3,(H,18,19). The molecule has 0 aliphatic rings. The lowest BCUT2D eigenvalue weighted by atomic mass is 9.88. The van der Waals surface area contributed by atoms with Crippen molar-refractivity contribution in [2.24, 2.45) is 5.41 Å². The zero-order valence-corrected chi connectivity index (χ0v) is 12.9. The van der Waals surface area contributed by atoms with Crippen LogP contribution in [0.4, 0.5) is 0 Å². The first-order valence-electron chi connectivity index (χ1n) is 6.63. The van der Waals surface area contributed by atoms with E-state index in [0.29, 0.717) is 0 Å². The Kier molecular flexibility index (Phi) is 4.24. The first-order chi connectivity index (χ1) is 8.54. The molecule has 0 radical (unpaired) electrons. The summed E-state index contributed by atoms with van der Waals surface area (Å²) < 4.78 is 0. The van der Waals surface area contributed by atoms with Gasteiger partial charge in [0.15, 0.2) is 0 Å². The molecule has 104 valence electrons. The van der Waals surface area contributed by atoms with Crippen molar-refractivity contribution in [3.05, 3.63) is 42.0 Å². The minimum atomic E-state index is -0.393.